The molecule has 0 radical (unpaired) electrons. The first-order valence-electron chi connectivity index (χ1n) is 8.22. The van der Waals surface area contributed by atoms with Crippen LogP contribution in [0.3, 0.4) is 0 Å². The first kappa shape index (κ1) is 22.0. The Hall–Kier alpha value is -2.09. The highest BCUT2D eigenvalue weighted by molar-refractivity contribution is 5.73. The number of carbonyl (C=O) groups is 1. The van der Waals surface area contributed by atoms with Crippen LogP contribution in [0.25, 0.3) is 0 Å². The molecule has 8 heteroatoms. The number of carboxylic acids is 1. The van der Waals surface area contributed by atoms with E-state index in [-0.39, 0.29) is 0 Å². The van der Waals surface area contributed by atoms with Gasteiger partial charge in [0.25, 0.3) is 0 Å². The molecule has 0 aliphatic heterocycles. The standard InChI is InChI=1S/C18H23F4NO3/c1-3-4-5-6-7-8-14(16(24)25)23-17(2)11-9-13(19)15(10-12-17)26-18(20,21)22/h3,9-12,14,23H,1,4-8H2,2H3,(H,24,25)/t14-,17?/m0/s1. The third-order valence-electron chi connectivity index (χ3n) is 3.80. The average Bonchev–Trinajstić information content (AvgIpc) is 2.66. The summed E-state index contributed by atoms with van der Waals surface area (Å²) in [6.45, 7) is 5.15. The zero-order valence-electron chi connectivity index (χ0n) is 14.5. The lowest BCUT2D eigenvalue weighted by molar-refractivity contribution is -0.304. The molecule has 26 heavy (non-hydrogen) atoms. The first-order chi connectivity index (χ1) is 12.1. The lowest BCUT2D eigenvalue weighted by Crippen LogP contribution is -2.49. The highest BCUT2D eigenvalue weighted by atomic mass is 19.4. The molecule has 0 saturated carbocycles. The van der Waals surface area contributed by atoms with E-state index >= 15 is 0 Å². The molecule has 1 aliphatic rings. The van der Waals surface area contributed by atoms with Crippen LogP contribution < -0.4 is 5.32 Å². The molecule has 2 N–H and O–H groups in total. The molecule has 0 saturated heterocycles. The lowest BCUT2D eigenvalue weighted by atomic mass is 9.98. The summed E-state index contributed by atoms with van der Waals surface area (Å²) < 4.78 is 54.3. The van der Waals surface area contributed by atoms with E-state index < -0.39 is 35.5 Å². The highest BCUT2D eigenvalue weighted by Crippen LogP contribution is 2.28. The molecular formula is C18H23F4NO3. The number of alkyl halides is 3. The van der Waals surface area contributed by atoms with Crippen molar-refractivity contribution in [2.24, 2.45) is 0 Å². The van der Waals surface area contributed by atoms with Crippen molar-refractivity contribution in [2.45, 2.75) is 57.0 Å². The van der Waals surface area contributed by atoms with Crippen molar-refractivity contribution < 1.29 is 32.2 Å². The Morgan fingerprint density at radius 2 is 2.00 bits per heavy atom. The number of ether oxygens (including phenoxy) is 1. The van der Waals surface area contributed by atoms with Gasteiger partial charge in [0.05, 0.1) is 5.54 Å². The maximum Gasteiger partial charge on any atom is 0.573 e. The Morgan fingerprint density at radius 1 is 1.35 bits per heavy atom. The van der Waals surface area contributed by atoms with Gasteiger partial charge in [-0.15, -0.1) is 19.8 Å². The molecule has 1 unspecified atom stereocenters. The van der Waals surface area contributed by atoms with Gasteiger partial charge in [0.2, 0.25) is 0 Å². The third kappa shape index (κ3) is 7.86. The number of halogens is 4. The second-order valence-electron chi connectivity index (χ2n) is 6.17. The molecule has 1 aliphatic carbocycles. The molecule has 0 heterocycles. The van der Waals surface area contributed by atoms with Crippen molar-refractivity contribution in [3.8, 4) is 0 Å². The van der Waals surface area contributed by atoms with E-state index in [9.17, 15) is 27.5 Å². The van der Waals surface area contributed by atoms with Gasteiger partial charge in [0.15, 0.2) is 11.6 Å². The Labute approximate surface area is 149 Å². The van der Waals surface area contributed by atoms with Crippen molar-refractivity contribution in [3.05, 3.63) is 48.5 Å². The fourth-order valence-electron chi connectivity index (χ4n) is 2.46. The monoisotopic (exact) mass is 377 g/mol. The minimum Gasteiger partial charge on any atom is -0.480 e. The van der Waals surface area contributed by atoms with E-state index in [0.717, 1.165) is 31.4 Å². The molecule has 0 bridgehead atoms. The smallest absolute Gasteiger partial charge is 0.480 e. The van der Waals surface area contributed by atoms with Crippen LogP contribution in [0.15, 0.2) is 48.5 Å². The Balaban J connectivity index is 2.77. The van der Waals surface area contributed by atoms with Gasteiger partial charge in [-0.1, -0.05) is 31.1 Å². The van der Waals surface area contributed by atoms with Crippen LogP contribution >= 0.6 is 0 Å². The van der Waals surface area contributed by atoms with Crippen LogP contribution in [-0.4, -0.2) is 29.0 Å². The zero-order valence-corrected chi connectivity index (χ0v) is 14.5. The first-order valence-corrected chi connectivity index (χ1v) is 8.22. The topological polar surface area (TPSA) is 58.6 Å². The molecule has 0 aromatic carbocycles. The van der Waals surface area contributed by atoms with E-state index in [1.54, 1.807) is 6.08 Å². The maximum absolute atomic E-state index is 13.8. The van der Waals surface area contributed by atoms with Gasteiger partial charge in [-0.3, -0.25) is 10.1 Å². The summed E-state index contributed by atoms with van der Waals surface area (Å²) in [6, 6.07) is -0.925. The zero-order chi connectivity index (χ0) is 19.8. The maximum atomic E-state index is 13.8. The number of hydrogen-bond donors (Lipinski definition) is 2. The number of hydrogen-bond acceptors (Lipinski definition) is 3. The molecule has 0 spiro atoms. The SMILES string of the molecule is C=CCCCCC[C@H](NC1(C)C=CC(F)=C(OC(F)(F)F)C=C1)C(=O)O. The molecule has 0 aromatic rings. The second-order valence-corrected chi connectivity index (χ2v) is 6.17. The van der Waals surface area contributed by atoms with E-state index in [2.05, 4.69) is 16.6 Å². The van der Waals surface area contributed by atoms with Crippen LogP contribution in [0.1, 0.15) is 39.0 Å². The van der Waals surface area contributed by atoms with Crippen molar-refractivity contribution in [2.75, 3.05) is 0 Å². The fraction of sp³-hybridized carbons (Fsp3) is 0.500. The lowest BCUT2D eigenvalue weighted by Gasteiger charge is -2.28. The summed E-state index contributed by atoms with van der Waals surface area (Å²) in [5.41, 5.74) is -1.14. The summed E-state index contributed by atoms with van der Waals surface area (Å²) in [5, 5.41) is 12.2. The molecular weight excluding hydrogens is 354 g/mol. The van der Waals surface area contributed by atoms with Crippen LogP contribution in [0, 0.1) is 0 Å². The van der Waals surface area contributed by atoms with Crippen molar-refractivity contribution in [1.29, 1.82) is 0 Å². The largest absolute Gasteiger partial charge is 0.573 e. The van der Waals surface area contributed by atoms with Gasteiger partial charge in [-0.25, -0.2) is 4.39 Å². The van der Waals surface area contributed by atoms with Gasteiger partial charge in [0, 0.05) is 0 Å². The third-order valence-corrected chi connectivity index (χ3v) is 3.80. The molecule has 1 rings (SSSR count). The summed E-state index contributed by atoms with van der Waals surface area (Å²) >= 11 is 0. The molecule has 4 nitrogen and oxygen atoms in total. The Morgan fingerprint density at radius 3 is 2.58 bits per heavy atom. The van der Waals surface area contributed by atoms with Gasteiger partial charge < -0.3 is 9.84 Å². The van der Waals surface area contributed by atoms with E-state index in [4.69, 9.17) is 0 Å². The van der Waals surface area contributed by atoms with E-state index in [0.29, 0.717) is 12.8 Å². The predicted molar refractivity (Wildman–Crippen MR) is 89.8 cm³/mol. The summed E-state index contributed by atoms with van der Waals surface area (Å²) in [7, 11) is 0. The van der Waals surface area contributed by atoms with Crippen molar-refractivity contribution in [1.82, 2.24) is 5.32 Å². The Kier molecular flexibility index (Phi) is 8.08. The fourth-order valence-corrected chi connectivity index (χ4v) is 2.46. The number of unbranched alkanes of at least 4 members (excludes halogenated alkanes) is 3. The number of allylic oxidation sites excluding steroid dienone is 4. The molecule has 0 amide bonds. The number of rotatable bonds is 10. The Bertz CT molecular complexity index is 596. The van der Waals surface area contributed by atoms with Crippen molar-refractivity contribution >= 4 is 5.97 Å². The quantitative estimate of drug-likeness (QED) is 0.327. The molecule has 0 aromatic heterocycles. The summed E-state index contributed by atoms with van der Waals surface area (Å²) in [4.78, 5) is 11.5. The van der Waals surface area contributed by atoms with Gasteiger partial charge in [-0.05, 0) is 38.3 Å². The van der Waals surface area contributed by atoms with E-state index in [1.165, 1.54) is 19.1 Å². The van der Waals surface area contributed by atoms with Crippen molar-refractivity contribution in [3.63, 3.8) is 0 Å². The highest BCUT2D eigenvalue weighted by Gasteiger charge is 2.34. The number of aliphatic carboxylic acids is 1. The predicted octanol–water partition coefficient (Wildman–Crippen LogP) is 4.77. The van der Waals surface area contributed by atoms with Crippen LogP contribution in [-0.2, 0) is 9.53 Å². The normalized spacial score (nSPS) is 21.4. The van der Waals surface area contributed by atoms with Gasteiger partial charge in [0.1, 0.15) is 6.04 Å². The number of nitrogens with one attached hydrogen (secondary N) is 1. The molecule has 146 valence electrons. The number of carboxylic acid groups (broad SMARTS) is 1. The van der Waals surface area contributed by atoms with Gasteiger partial charge >= 0.3 is 12.3 Å². The molecule has 0 fully saturated rings. The molecule has 2 atom stereocenters. The average molecular weight is 377 g/mol. The second kappa shape index (κ2) is 9.56. The van der Waals surface area contributed by atoms with Gasteiger partial charge in [-0.2, -0.15) is 0 Å². The van der Waals surface area contributed by atoms with Crippen LogP contribution in [0.2, 0.25) is 0 Å². The van der Waals surface area contributed by atoms with E-state index in [1.807, 2.05) is 0 Å². The summed E-state index contributed by atoms with van der Waals surface area (Å²) in [6.07, 6.45) is 4.54. The minimum atomic E-state index is -5.02. The van der Waals surface area contributed by atoms with Crippen LogP contribution in [0.4, 0.5) is 17.6 Å². The summed E-state index contributed by atoms with van der Waals surface area (Å²) in [5.74, 6) is -3.25. The minimum absolute atomic E-state index is 0.339. The van der Waals surface area contributed by atoms with Crippen LogP contribution in [0.5, 0.6) is 0 Å².